The van der Waals surface area contributed by atoms with Crippen molar-refractivity contribution < 1.29 is 9.53 Å². The second-order valence-corrected chi connectivity index (χ2v) is 5.69. The Balaban J connectivity index is 1.70. The third-order valence-electron chi connectivity index (χ3n) is 3.44. The van der Waals surface area contributed by atoms with E-state index in [1.807, 2.05) is 19.1 Å². The highest BCUT2D eigenvalue weighted by atomic mass is 16.5. The summed E-state index contributed by atoms with van der Waals surface area (Å²) < 4.78 is 5.60. The number of rotatable bonds is 7. The molecule has 0 unspecified atom stereocenters. The molecule has 0 saturated heterocycles. The number of amides is 1. The first kappa shape index (κ1) is 16.9. The van der Waals surface area contributed by atoms with E-state index in [1.165, 1.54) is 5.56 Å². The lowest BCUT2D eigenvalue weighted by Gasteiger charge is -2.09. The average Bonchev–Trinajstić information content (AvgIpc) is 2.53. The van der Waals surface area contributed by atoms with E-state index in [9.17, 15) is 4.79 Å². The molecule has 5 heteroatoms. The summed E-state index contributed by atoms with van der Waals surface area (Å²) in [6.45, 7) is 6.89. The highest BCUT2D eigenvalue weighted by Gasteiger charge is 2.04. The van der Waals surface area contributed by atoms with Gasteiger partial charge in [-0.05, 0) is 36.6 Å². The molecule has 0 atom stereocenters. The summed E-state index contributed by atoms with van der Waals surface area (Å²) in [5.41, 5.74) is 2.08. The maximum absolute atomic E-state index is 11.8. The average molecular weight is 313 g/mol. The first-order valence-corrected chi connectivity index (χ1v) is 7.82. The monoisotopic (exact) mass is 313 g/mol. The van der Waals surface area contributed by atoms with Crippen LogP contribution in [0.2, 0.25) is 0 Å². The Morgan fingerprint density at radius 2 is 1.96 bits per heavy atom. The molecule has 0 aliphatic carbocycles. The van der Waals surface area contributed by atoms with E-state index in [0.717, 1.165) is 11.4 Å². The molecular formula is C18H23N3O2. The summed E-state index contributed by atoms with van der Waals surface area (Å²) in [7, 11) is 0. The van der Waals surface area contributed by atoms with Gasteiger partial charge in [-0.15, -0.1) is 0 Å². The number of aromatic nitrogens is 2. The summed E-state index contributed by atoms with van der Waals surface area (Å²) >= 11 is 0. The minimum atomic E-state index is -0.0555. The SMILES string of the molecule is Cc1nccc(CNC(=O)CCOc2ccc(C(C)C)cc2)n1. The second-order valence-electron chi connectivity index (χ2n) is 5.69. The quantitative estimate of drug-likeness (QED) is 0.853. The molecule has 0 aliphatic rings. The topological polar surface area (TPSA) is 64.1 Å². The molecule has 0 radical (unpaired) electrons. The molecule has 5 nitrogen and oxygen atoms in total. The van der Waals surface area contributed by atoms with Gasteiger partial charge in [0.15, 0.2) is 0 Å². The van der Waals surface area contributed by atoms with Crippen LogP contribution in [0.25, 0.3) is 0 Å². The molecular weight excluding hydrogens is 290 g/mol. The Bertz CT molecular complexity index is 639. The molecule has 122 valence electrons. The maximum atomic E-state index is 11.8. The van der Waals surface area contributed by atoms with Crippen molar-refractivity contribution in [3.8, 4) is 5.75 Å². The third kappa shape index (κ3) is 5.70. The van der Waals surface area contributed by atoms with Crippen molar-refractivity contribution in [1.82, 2.24) is 15.3 Å². The van der Waals surface area contributed by atoms with Crippen LogP contribution in [0, 0.1) is 6.92 Å². The summed E-state index contributed by atoms with van der Waals surface area (Å²) in [5, 5.41) is 2.83. The summed E-state index contributed by atoms with van der Waals surface area (Å²) in [6.07, 6.45) is 2.00. The van der Waals surface area contributed by atoms with Gasteiger partial charge >= 0.3 is 0 Å². The molecule has 0 fully saturated rings. The van der Waals surface area contributed by atoms with Crippen molar-refractivity contribution in [2.24, 2.45) is 0 Å². The number of carbonyl (C=O) groups excluding carboxylic acids is 1. The Labute approximate surface area is 137 Å². The van der Waals surface area contributed by atoms with Gasteiger partial charge in [0.05, 0.1) is 25.3 Å². The number of carbonyl (C=O) groups is 1. The predicted molar refractivity (Wildman–Crippen MR) is 89.3 cm³/mol. The van der Waals surface area contributed by atoms with E-state index >= 15 is 0 Å². The Morgan fingerprint density at radius 3 is 2.61 bits per heavy atom. The second kappa shape index (κ2) is 8.27. The lowest BCUT2D eigenvalue weighted by molar-refractivity contribution is -0.121. The minimum absolute atomic E-state index is 0.0555. The normalized spacial score (nSPS) is 10.6. The number of nitrogens with one attached hydrogen (secondary N) is 1. The third-order valence-corrected chi connectivity index (χ3v) is 3.44. The maximum Gasteiger partial charge on any atom is 0.223 e. The van der Waals surface area contributed by atoms with E-state index in [2.05, 4.69) is 41.3 Å². The standard InChI is InChI=1S/C18H23N3O2/c1-13(2)15-4-6-17(7-5-15)23-11-9-18(22)20-12-16-8-10-19-14(3)21-16/h4-8,10,13H,9,11-12H2,1-3H3,(H,20,22). The smallest absolute Gasteiger partial charge is 0.223 e. The molecule has 1 aromatic carbocycles. The fourth-order valence-electron chi connectivity index (χ4n) is 2.09. The van der Waals surface area contributed by atoms with Crippen LogP contribution in [0.4, 0.5) is 0 Å². The van der Waals surface area contributed by atoms with Crippen molar-refractivity contribution in [2.45, 2.75) is 39.7 Å². The largest absolute Gasteiger partial charge is 0.493 e. The van der Waals surface area contributed by atoms with Gasteiger partial charge in [-0.25, -0.2) is 9.97 Å². The zero-order chi connectivity index (χ0) is 16.7. The van der Waals surface area contributed by atoms with Crippen LogP contribution in [-0.2, 0) is 11.3 Å². The van der Waals surface area contributed by atoms with Crippen LogP contribution < -0.4 is 10.1 Å². The molecule has 0 bridgehead atoms. The minimum Gasteiger partial charge on any atom is -0.493 e. The molecule has 0 aliphatic heterocycles. The number of nitrogens with zero attached hydrogens (tertiary/aromatic N) is 2. The van der Waals surface area contributed by atoms with Crippen molar-refractivity contribution in [2.75, 3.05) is 6.61 Å². The highest BCUT2D eigenvalue weighted by Crippen LogP contribution is 2.18. The van der Waals surface area contributed by atoms with Crippen LogP contribution in [-0.4, -0.2) is 22.5 Å². The van der Waals surface area contributed by atoms with Gasteiger partial charge in [-0.1, -0.05) is 26.0 Å². The Kier molecular flexibility index (Phi) is 6.09. The molecule has 1 amide bonds. The van der Waals surface area contributed by atoms with E-state index in [-0.39, 0.29) is 5.91 Å². The van der Waals surface area contributed by atoms with Crippen LogP contribution in [0.1, 0.15) is 43.3 Å². The number of aryl methyl sites for hydroxylation is 1. The molecule has 23 heavy (non-hydrogen) atoms. The molecule has 0 saturated carbocycles. The van der Waals surface area contributed by atoms with Gasteiger partial charge in [0.1, 0.15) is 11.6 Å². The molecule has 1 aromatic heterocycles. The van der Waals surface area contributed by atoms with Crippen molar-refractivity contribution >= 4 is 5.91 Å². The number of ether oxygens (including phenoxy) is 1. The summed E-state index contributed by atoms with van der Waals surface area (Å²) in [6, 6.07) is 9.78. The fourth-order valence-corrected chi connectivity index (χ4v) is 2.09. The first-order chi connectivity index (χ1) is 11.0. The van der Waals surface area contributed by atoms with Gasteiger partial charge in [-0.2, -0.15) is 0 Å². The Hall–Kier alpha value is -2.43. The Morgan fingerprint density at radius 1 is 1.22 bits per heavy atom. The van der Waals surface area contributed by atoms with Gasteiger partial charge in [0, 0.05) is 6.20 Å². The van der Waals surface area contributed by atoms with Gasteiger partial charge in [0.2, 0.25) is 5.91 Å². The predicted octanol–water partition coefficient (Wildman–Crippen LogP) is 2.99. The van der Waals surface area contributed by atoms with Crippen LogP contribution >= 0.6 is 0 Å². The van der Waals surface area contributed by atoms with Gasteiger partial charge in [-0.3, -0.25) is 4.79 Å². The molecule has 2 rings (SSSR count). The molecule has 0 spiro atoms. The lowest BCUT2D eigenvalue weighted by atomic mass is 10.0. The van der Waals surface area contributed by atoms with Crippen LogP contribution in [0.3, 0.4) is 0 Å². The van der Waals surface area contributed by atoms with Crippen molar-refractivity contribution in [3.63, 3.8) is 0 Å². The zero-order valence-corrected chi connectivity index (χ0v) is 13.9. The van der Waals surface area contributed by atoms with Gasteiger partial charge < -0.3 is 10.1 Å². The summed E-state index contributed by atoms with van der Waals surface area (Å²) in [5.74, 6) is 1.93. The van der Waals surface area contributed by atoms with Crippen LogP contribution in [0.5, 0.6) is 5.75 Å². The van der Waals surface area contributed by atoms with Gasteiger partial charge in [0.25, 0.3) is 0 Å². The van der Waals surface area contributed by atoms with Crippen LogP contribution in [0.15, 0.2) is 36.5 Å². The van der Waals surface area contributed by atoms with Crippen molar-refractivity contribution in [3.05, 3.63) is 53.6 Å². The van der Waals surface area contributed by atoms with E-state index in [0.29, 0.717) is 31.3 Å². The molecule has 1 heterocycles. The number of benzene rings is 1. The number of hydrogen-bond donors (Lipinski definition) is 1. The van der Waals surface area contributed by atoms with E-state index < -0.39 is 0 Å². The van der Waals surface area contributed by atoms with Crippen molar-refractivity contribution in [1.29, 1.82) is 0 Å². The molecule has 2 aromatic rings. The van der Waals surface area contributed by atoms with E-state index in [1.54, 1.807) is 12.3 Å². The summed E-state index contributed by atoms with van der Waals surface area (Å²) in [4.78, 5) is 20.1. The fraction of sp³-hybridized carbons (Fsp3) is 0.389. The van der Waals surface area contributed by atoms with E-state index in [4.69, 9.17) is 4.74 Å². The number of hydrogen-bond acceptors (Lipinski definition) is 4. The highest BCUT2D eigenvalue weighted by molar-refractivity contribution is 5.75. The lowest BCUT2D eigenvalue weighted by Crippen LogP contribution is -2.25. The first-order valence-electron chi connectivity index (χ1n) is 7.82. The molecule has 1 N–H and O–H groups in total. The zero-order valence-electron chi connectivity index (χ0n) is 13.9.